The molecule has 3 aromatic rings. The number of amides is 1. The SMILES string of the molecule is Cn1ccnc1C(NC(=O)C=Cc1ccc(Cl)cc1)c1ccccc1F. The molecule has 6 heteroatoms. The molecule has 0 saturated carbocycles. The van der Waals surface area contributed by atoms with Gasteiger partial charge >= 0.3 is 0 Å². The number of aromatic nitrogens is 2. The average molecular weight is 370 g/mol. The van der Waals surface area contributed by atoms with Crippen molar-refractivity contribution < 1.29 is 9.18 Å². The van der Waals surface area contributed by atoms with Gasteiger partial charge in [-0.05, 0) is 29.8 Å². The van der Waals surface area contributed by atoms with Crippen LogP contribution in [-0.2, 0) is 11.8 Å². The fourth-order valence-electron chi connectivity index (χ4n) is 2.58. The lowest BCUT2D eigenvalue weighted by Crippen LogP contribution is -2.30. The van der Waals surface area contributed by atoms with Crippen molar-refractivity contribution in [1.82, 2.24) is 14.9 Å². The Morgan fingerprint density at radius 2 is 1.96 bits per heavy atom. The standard InChI is InChI=1S/C20H17ClFN3O/c1-25-13-12-23-20(25)19(16-4-2-3-5-17(16)22)24-18(26)11-8-14-6-9-15(21)10-7-14/h2-13,19H,1H3,(H,24,26). The van der Waals surface area contributed by atoms with Gasteiger partial charge in [0.25, 0.3) is 0 Å². The number of aryl methyl sites for hydroxylation is 1. The van der Waals surface area contributed by atoms with E-state index < -0.39 is 11.9 Å². The molecule has 1 heterocycles. The number of carbonyl (C=O) groups is 1. The maximum absolute atomic E-state index is 14.3. The number of hydrogen-bond acceptors (Lipinski definition) is 2. The van der Waals surface area contributed by atoms with Crippen LogP contribution in [0.1, 0.15) is 23.0 Å². The Morgan fingerprint density at radius 3 is 2.62 bits per heavy atom. The van der Waals surface area contributed by atoms with Crippen molar-refractivity contribution in [2.45, 2.75) is 6.04 Å². The molecule has 1 amide bonds. The highest BCUT2D eigenvalue weighted by Gasteiger charge is 2.22. The van der Waals surface area contributed by atoms with Crippen LogP contribution < -0.4 is 5.32 Å². The van der Waals surface area contributed by atoms with E-state index in [2.05, 4.69) is 10.3 Å². The number of nitrogens with one attached hydrogen (secondary N) is 1. The summed E-state index contributed by atoms with van der Waals surface area (Å²) in [5, 5.41) is 3.45. The maximum Gasteiger partial charge on any atom is 0.244 e. The Balaban J connectivity index is 1.84. The van der Waals surface area contributed by atoms with E-state index in [0.29, 0.717) is 16.4 Å². The van der Waals surface area contributed by atoms with Crippen molar-refractivity contribution in [1.29, 1.82) is 0 Å². The Bertz CT molecular complexity index is 934. The van der Waals surface area contributed by atoms with Crippen LogP contribution in [0.5, 0.6) is 0 Å². The first-order chi connectivity index (χ1) is 12.5. The van der Waals surface area contributed by atoms with Gasteiger partial charge in [-0.25, -0.2) is 9.37 Å². The van der Waals surface area contributed by atoms with Crippen molar-refractivity contribution >= 4 is 23.6 Å². The summed E-state index contributed by atoms with van der Waals surface area (Å²) in [5.74, 6) is -0.206. The smallest absolute Gasteiger partial charge is 0.244 e. The molecule has 0 fully saturated rings. The first-order valence-corrected chi connectivity index (χ1v) is 8.38. The molecule has 0 aliphatic rings. The van der Waals surface area contributed by atoms with Gasteiger partial charge in [-0.3, -0.25) is 4.79 Å². The molecule has 0 radical (unpaired) electrons. The minimum atomic E-state index is -0.696. The topological polar surface area (TPSA) is 46.9 Å². The third-order valence-corrected chi connectivity index (χ3v) is 4.17. The van der Waals surface area contributed by atoms with Crippen LogP contribution in [0.4, 0.5) is 4.39 Å². The van der Waals surface area contributed by atoms with E-state index in [9.17, 15) is 9.18 Å². The normalized spacial score (nSPS) is 12.3. The van der Waals surface area contributed by atoms with Gasteiger partial charge in [0.05, 0.1) is 0 Å². The summed E-state index contributed by atoms with van der Waals surface area (Å²) in [6, 6.07) is 12.7. The summed E-state index contributed by atoms with van der Waals surface area (Å²) >= 11 is 5.85. The van der Waals surface area contributed by atoms with Gasteiger partial charge in [0.15, 0.2) is 0 Å². The van der Waals surface area contributed by atoms with E-state index in [-0.39, 0.29) is 5.91 Å². The van der Waals surface area contributed by atoms with Crippen molar-refractivity contribution in [3.8, 4) is 0 Å². The number of nitrogens with zero attached hydrogens (tertiary/aromatic N) is 2. The molecule has 0 bridgehead atoms. The van der Waals surface area contributed by atoms with E-state index in [1.54, 1.807) is 72.5 Å². The molecule has 1 unspecified atom stereocenters. The van der Waals surface area contributed by atoms with Crippen molar-refractivity contribution in [2.24, 2.45) is 7.05 Å². The number of hydrogen-bond donors (Lipinski definition) is 1. The molecule has 0 saturated heterocycles. The summed E-state index contributed by atoms with van der Waals surface area (Å²) < 4.78 is 16.0. The third-order valence-electron chi connectivity index (χ3n) is 3.92. The molecule has 1 aromatic heterocycles. The van der Waals surface area contributed by atoms with Gasteiger partial charge in [-0.1, -0.05) is 41.9 Å². The Hall–Kier alpha value is -2.92. The second kappa shape index (κ2) is 7.97. The van der Waals surface area contributed by atoms with Crippen molar-refractivity contribution in [3.05, 3.63) is 94.8 Å². The summed E-state index contributed by atoms with van der Waals surface area (Å²) in [6.07, 6.45) is 6.43. The number of halogens is 2. The maximum atomic E-state index is 14.3. The summed E-state index contributed by atoms with van der Waals surface area (Å²) in [5.41, 5.74) is 1.19. The highest BCUT2D eigenvalue weighted by molar-refractivity contribution is 6.30. The molecule has 0 spiro atoms. The summed E-state index contributed by atoms with van der Waals surface area (Å²) in [4.78, 5) is 16.7. The molecule has 4 nitrogen and oxygen atoms in total. The quantitative estimate of drug-likeness (QED) is 0.687. The zero-order valence-electron chi connectivity index (χ0n) is 14.1. The summed E-state index contributed by atoms with van der Waals surface area (Å²) in [6.45, 7) is 0. The molecule has 26 heavy (non-hydrogen) atoms. The highest BCUT2D eigenvalue weighted by Crippen LogP contribution is 2.23. The van der Waals surface area contributed by atoms with Crippen LogP contribution in [-0.4, -0.2) is 15.5 Å². The van der Waals surface area contributed by atoms with Gasteiger partial charge in [-0.2, -0.15) is 0 Å². The van der Waals surface area contributed by atoms with Crippen molar-refractivity contribution in [3.63, 3.8) is 0 Å². The van der Waals surface area contributed by atoms with Crippen LogP contribution >= 0.6 is 11.6 Å². The number of imidazole rings is 1. The zero-order valence-corrected chi connectivity index (χ0v) is 14.8. The Kier molecular flexibility index (Phi) is 5.49. The van der Waals surface area contributed by atoms with Crippen LogP contribution in [0.3, 0.4) is 0 Å². The van der Waals surface area contributed by atoms with Crippen LogP contribution in [0.25, 0.3) is 6.08 Å². The average Bonchev–Trinajstić information content (AvgIpc) is 3.06. The third kappa shape index (κ3) is 4.18. The number of rotatable bonds is 5. The molecule has 2 aromatic carbocycles. The minimum absolute atomic E-state index is 0.351. The van der Waals surface area contributed by atoms with E-state index in [0.717, 1.165) is 5.56 Å². The highest BCUT2D eigenvalue weighted by atomic mass is 35.5. The van der Waals surface area contributed by atoms with Crippen LogP contribution in [0.2, 0.25) is 5.02 Å². The van der Waals surface area contributed by atoms with Gasteiger partial charge < -0.3 is 9.88 Å². The lowest BCUT2D eigenvalue weighted by atomic mass is 10.1. The first kappa shape index (κ1) is 17.9. The molecule has 0 aliphatic carbocycles. The minimum Gasteiger partial charge on any atom is -0.338 e. The molecule has 1 atom stereocenters. The first-order valence-electron chi connectivity index (χ1n) is 8.00. The Morgan fingerprint density at radius 1 is 1.23 bits per heavy atom. The monoisotopic (exact) mass is 369 g/mol. The predicted molar refractivity (Wildman–Crippen MR) is 100 cm³/mol. The molecular formula is C20H17ClFN3O. The number of benzene rings is 2. The fraction of sp³-hybridized carbons (Fsp3) is 0.100. The predicted octanol–water partition coefficient (Wildman–Crippen LogP) is 4.13. The fourth-order valence-corrected chi connectivity index (χ4v) is 2.71. The molecule has 132 valence electrons. The van der Waals surface area contributed by atoms with Gasteiger partial charge in [-0.15, -0.1) is 0 Å². The molecule has 0 aliphatic heterocycles. The van der Waals surface area contributed by atoms with Crippen LogP contribution in [0.15, 0.2) is 67.0 Å². The molecule has 1 N–H and O–H groups in total. The lowest BCUT2D eigenvalue weighted by molar-refractivity contribution is -0.117. The van der Waals surface area contributed by atoms with E-state index >= 15 is 0 Å². The van der Waals surface area contributed by atoms with Crippen LogP contribution in [0, 0.1) is 5.82 Å². The Labute approximate surface area is 155 Å². The van der Waals surface area contributed by atoms with Crippen molar-refractivity contribution in [2.75, 3.05) is 0 Å². The lowest BCUT2D eigenvalue weighted by Gasteiger charge is -2.18. The van der Waals surface area contributed by atoms with E-state index in [4.69, 9.17) is 11.6 Å². The van der Waals surface area contributed by atoms with Gasteiger partial charge in [0, 0.05) is 36.1 Å². The van der Waals surface area contributed by atoms with E-state index in [1.807, 2.05) is 0 Å². The van der Waals surface area contributed by atoms with Gasteiger partial charge in [0.1, 0.15) is 17.7 Å². The summed E-state index contributed by atoms with van der Waals surface area (Å²) in [7, 11) is 1.80. The second-order valence-corrected chi connectivity index (χ2v) is 6.18. The zero-order chi connectivity index (χ0) is 18.5. The second-order valence-electron chi connectivity index (χ2n) is 5.74. The number of carbonyl (C=O) groups excluding carboxylic acids is 1. The van der Waals surface area contributed by atoms with Gasteiger partial charge in [0.2, 0.25) is 5.91 Å². The molecule has 3 rings (SSSR count). The van der Waals surface area contributed by atoms with E-state index in [1.165, 1.54) is 12.1 Å². The molecular weight excluding hydrogens is 353 g/mol. The largest absolute Gasteiger partial charge is 0.338 e.